The molecule has 0 fully saturated rings. The molecule has 0 aromatic carbocycles. The number of nitrogens with zero attached hydrogens (tertiary/aromatic N) is 3. The zero-order valence-electron chi connectivity index (χ0n) is 14.7. The molecule has 3 rings (SSSR count). The van der Waals surface area contributed by atoms with Crippen LogP contribution in [-0.4, -0.2) is 27.1 Å². The van der Waals surface area contributed by atoms with Gasteiger partial charge in [0.2, 0.25) is 5.91 Å². The number of carbonyl (C=O) groups is 1. The summed E-state index contributed by atoms with van der Waals surface area (Å²) in [6.07, 6.45) is 3.26. The van der Waals surface area contributed by atoms with Crippen LogP contribution in [0.5, 0.6) is 0 Å². The van der Waals surface area contributed by atoms with Crippen LogP contribution >= 0.6 is 0 Å². The topological polar surface area (TPSA) is 76.4 Å². The number of amides is 1. The molecule has 3 aromatic heterocycles. The highest BCUT2D eigenvalue weighted by atomic mass is 16.3. The van der Waals surface area contributed by atoms with Gasteiger partial charge in [-0.1, -0.05) is 0 Å². The number of nitrogens with one attached hydrogen (secondary N) is 1. The van der Waals surface area contributed by atoms with Gasteiger partial charge >= 0.3 is 0 Å². The lowest BCUT2D eigenvalue weighted by atomic mass is 10.3. The Balaban J connectivity index is 1.69. The molecule has 3 aromatic rings. The van der Waals surface area contributed by atoms with E-state index >= 15 is 0 Å². The molecular weight excluding hydrogens is 320 g/mol. The SMILES string of the molecule is Cc1nn(C)c(C)c1NC(=O)CN(Cc1ccco1)Cc1ccco1. The van der Waals surface area contributed by atoms with E-state index in [1.807, 2.05) is 50.1 Å². The predicted molar refractivity (Wildman–Crippen MR) is 92.8 cm³/mol. The third-order valence-electron chi connectivity index (χ3n) is 4.06. The van der Waals surface area contributed by atoms with E-state index in [4.69, 9.17) is 8.83 Å². The number of carbonyl (C=O) groups excluding carboxylic acids is 1. The highest BCUT2D eigenvalue weighted by Crippen LogP contribution is 2.18. The van der Waals surface area contributed by atoms with Crippen molar-refractivity contribution in [2.75, 3.05) is 11.9 Å². The van der Waals surface area contributed by atoms with Crippen LogP contribution in [0.25, 0.3) is 0 Å². The van der Waals surface area contributed by atoms with Crippen LogP contribution in [-0.2, 0) is 24.9 Å². The first kappa shape index (κ1) is 17.0. The molecule has 25 heavy (non-hydrogen) atoms. The number of rotatable bonds is 7. The third-order valence-corrected chi connectivity index (χ3v) is 4.06. The number of hydrogen-bond donors (Lipinski definition) is 1. The Morgan fingerprint density at radius 1 is 1.16 bits per heavy atom. The summed E-state index contributed by atoms with van der Waals surface area (Å²) in [6.45, 7) is 5.07. The molecule has 132 valence electrons. The summed E-state index contributed by atoms with van der Waals surface area (Å²) in [5.41, 5.74) is 2.50. The molecule has 0 saturated carbocycles. The lowest BCUT2D eigenvalue weighted by molar-refractivity contribution is -0.117. The fourth-order valence-corrected chi connectivity index (χ4v) is 2.75. The van der Waals surface area contributed by atoms with Crippen molar-refractivity contribution in [1.82, 2.24) is 14.7 Å². The minimum atomic E-state index is -0.0997. The van der Waals surface area contributed by atoms with E-state index in [0.29, 0.717) is 13.1 Å². The van der Waals surface area contributed by atoms with Crippen LogP contribution in [0.4, 0.5) is 5.69 Å². The van der Waals surface area contributed by atoms with Crippen molar-refractivity contribution in [1.29, 1.82) is 0 Å². The summed E-state index contributed by atoms with van der Waals surface area (Å²) >= 11 is 0. The molecule has 1 amide bonds. The van der Waals surface area contributed by atoms with Crippen LogP contribution in [0, 0.1) is 13.8 Å². The second kappa shape index (κ2) is 7.40. The Morgan fingerprint density at radius 2 is 1.76 bits per heavy atom. The molecule has 1 N–H and O–H groups in total. The molecular formula is C18H22N4O3. The van der Waals surface area contributed by atoms with Gasteiger partial charge in [0.05, 0.1) is 49.2 Å². The Hall–Kier alpha value is -2.80. The molecule has 0 aliphatic rings. The van der Waals surface area contributed by atoms with Crippen LogP contribution in [0.2, 0.25) is 0 Å². The number of aromatic nitrogens is 2. The average Bonchev–Trinajstić information content (AvgIpc) is 3.29. The summed E-state index contributed by atoms with van der Waals surface area (Å²) in [5, 5.41) is 7.29. The van der Waals surface area contributed by atoms with Crippen molar-refractivity contribution in [3.05, 3.63) is 59.7 Å². The standard InChI is InChI=1S/C18H22N4O3/c1-13-18(14(2)21(3)20-13)19-17(23)12-22(10-15-6-4-8-24-15)11-16-7-5-9-25-16/h4-9H,10-12H2,1-3H3,(H,19,23). The van der Waals surface area contributed by atoms with E-state index in [0.717, 1.165) is 28.6 Å². The largest absolute Gasteiger partial charge is 0.468 e. The predicted octanol–water partition coefficient (Wildman–Crippen LogP) is 2.86. The van der Waals surface area contributed by atoms with E-state index in [1.165, 1.54) is 0 Å². The quantitative estimate of drug-likeness (QED) is 0.714. The first-order chi connectivity index (χ1) is 12.0. The molecule has 0 spiro atoms. The van der Waals surface area contributed by atoms with Crippen molar-refractivity contribution >= 4 is 11.6 Å². The molecule has 0 unspecified atom stereocenters. The maximum atomic E-state index is 12.5. The van der Waals surface area contributed by atoms with Gasteiger partial charge in [0.1, 0.15) is 11.5 Å². The smallest absolute Gasteiger partial charge is 0.238 e. The summed E-state index contributed by atoms with van der Waals surface area (Å²) < 4.78 is 12.6. The Morgan fingerprint density at radius 3 is 2.20 bits per heavy atom. The van der Waals surface area contributed by atoms with Gasteiger partial charge in [-0.25, -0.2) is 0 Å². The second-order valence-electron chi connectivity index (χ2n) is 6.02. The van der Waals surface area contributed by atoms with Gasteiger partial charge in [-0.3, -0.25) is 14.4 Å². The molecule has 0 bridgehead atoms. The highest BCUT2D eigenvalue weighted by molar-refractivity contribution is 5.93. The van der Waals surface area contributed by atoms with Crippen molar-refractivity contribution < 1.29 is 13.6 Å². The third kappa shape index (κ3) is 4.19. The normalized spacial score (nSPS) is 11.2. The van der Waals surface area contributed by atoms with Crippen LogP contribution in [0.15, 0.2) is 45.6 Å². The Bertz CT molecular complexity index is 783. The zero-order valence-corrected chi connectivity index (χ0v) is 14.7. The number of anilines is 1. The maximum absolute atomic E-state index is 12.5. The zero-order chi connectivity index (χ0) is 17.8. The van der Waals surface area contributed by atoms with Gasteiger partial charge in [-0.15, -0.1) is 0 Å². The van der Waals surface area contributed by atoms with E-state index in [1.54, 1.807) is 17.2 Å². The second-order valence-corrected chi connectivity index (χ2v) is 6.02. The highest BCUT2D eigenvalue weighted by Gasteiger charge is 2.17. The minimum Gasteiger partial charge on any atom is -0.468 e. The first-order valence-corrected chi connectivity index (χ1v) is 8.10. The summed E-state index contributed by atoms with van der Waals surface area (Å²) in [7, 11) is 1.86. The van der Waals surface area contributed by atoms with Crippen molar-refractivity contribution in [3.8, 4) is 0 Å². The van der Waals surface area contributed by atoms with Gasteiger partial charge in [0.25, 0.3) is 0 Å². The number of hydrogen-bond acceptors (Lipinski definition) is 5. The number of furan rings is 2. The number of aryl methyl sites for hydroxylation is 2. The Kier molecular flexibility index (Phi) is 5.04. The Labute approximate surface area is 146 Å². The van der Waals surface area contributed by atoms with Crippen LogP contribution in [0.3, 0.4) is 0 Å². The summed E-state index contributed by atoms with van der Waals surface area (Å²) in [5.74, 6) is 1.50. The van der Waals surface area contributed by atoms with E-state index in [2.05, 4.69) is 10.4 Å². The molecule has 0 radical (unpaired) electrons. The fourth-order valence-electron chi connectivity index (χ4n) is 2.75. The maximum Gasteiger partial charge on any atom is 0.238 e. The lowest BCUT2D eigenvalue weighted by Gasteiger charge is -2.19. The molecule has 3 heterocycles. The molecule has 0 saturated heterocycles. The molecule has 7 heteroatoms. The van der Waals surface area contributed by atoms with Gasteiger partial charge < -0.3 is 14.2 Å². The molecule has 7 nitrogen and oxygen atoms in total. The van der Waals surface area contributed by atoms with Crippen molar-refractivity contribution in [2.45, 2.75) is 26.9 Å². The monoisotopic (exact) mass is 342 g/mol. The van der Waals surface area contributed by atoms with Gasteiger partial charge in [-0.2, -0.15) is 5.10 Å². The molecule has 0 aliphatic carbocycles. The fraction of sp³-hybridized carbons (Fsp3) is 0.333. The lowest BCUT2D eigenvalue weighted by Crippen LogP contribution is -2.32. The van der Waals surface area contributed by atoms with E-state index < -0.39 is 0 Å². The average molecular weight is 342 g/mol. The van der Waals surface area contributed by atoms with Crippen LogP contribution in [0.1, 0.15) is 22.9 Å². The van der Waals surface area contributed by atoms with Gasteiger partial charge in [-0.05, 0) is 38.1 Å². The van der Waals surface area contributed by atoms with Crippen molar-refractivity contribution in [3.63, 3.8) is 0 Å². The minimum absolute atomic E-state index is 0.0997. The van der Waals surface area contributed by atoms with E-state index in [-0.39, 0.29) is 12.5 Å². The molecule has 0 aliphatic heterocycles. The van der Waals surface area contributed by atoms with E-state index in [9.17, 15) is 4.79 Å². The molecule has 0 atom stereocenters. The van der Waals surface area contributed by atoms with Crippen molar-refractivity contribution in [2.24, 2.45) is 7.05 Å². The summed E-state index contributed by atoms with van der Waals surface area (Å²) in [6, 6.07) is 7.45. The van der Waals surface area contributed by atoms with Gasteiger partial charge in [0.15, 0.2) is 0 Å². The van der Waals surface area contributed by atoms with Crippen LogP contribution < -0.4 is 5.32 Å². The van der Waals surface area contributed by atoms with Gasteiger partial charge in [0, 0.05) is 7.05 Å². The first-order valence-electron chi connectivity index (χ1n) is 8.10. The summed E-state index contributed by atoms with van der Waals surface area (Å²) in [4.78, 5) is 14.5.